The standard InChI is InChI=1S/C34H30Cl2I2N2O6S/c1-6-44-33(42)29-18(4)39-34-40(30(29)20-8-10-26(46-17(2)3)27(13-20)43-5)32(41)28(47-34)14-21-12-22(37)15-25(38)31(21)45-16-19-7-9-23(35)24(36)11-19/h7-15,17,30H,6,16H2,1-5H3/b28-14+/t30-/m1/s1. The highest BCUT2D eigenvalue weighted by Crippen LogP contribution is 2.37. The first kappa shape index (κ1) is 35.7. The van der Waals surface area contributed by atoms with Crippen molar-refractivity contribution in [1.29, 1.82) is 0 Å². The fourth-order valence-corrected chi connectivity index (χ4v) is 8.48. The summed E-state index contributed by atoms with van der Waals surface area (Å²) < 4.78 is 27.1. The van der Waals surface area contributed by atoms with Crippen LogP contribution >= 0.6 is 79.7 Å². The average molecular weight is 919 g/mol. The molecule has 47 heavy (non-hydrogen) atoms. The van der Waals surface area contributed by atoms with E-state index in [2.05, 4.69) is 45.2 Å². The zero-order chi connectivity index (χ0) is 34.0. The molecule has 0 radical (unpaired) electrons. The molecule has 4 aromatic rings. The van der Waals surface area contributed by atoms with Crippen molar-refractivity contribution in [2.75, 3.05) is 13.7 Å². The number of rotatable bonds is 10. The van der Waals surface area contributed by atoms with Crippen molar-refractivity contribution in [3.63, 3.8) is 0 Å². The molecule has 8 nitrogen and oxygen atoms in total. The summed E-state index contributed by atoms with van der Waals surface area (Å²) in [5.41, 5.74) is 2.66. The Morgan fingerprint density at radius 3 is 2.53 bits per heavy atom. The van der Waals surface area contributed by atoms with Crippen molar-refractivity contribution in [2.45, 2.75) is 46.4 Å². The van der Waals surface area contributed by atoms with Gasteiger partial charge in [-0.15, -0.1) is 0 Å². The maximum absolute atomic E-state index is 14.3. The predicted molar refractivity (Wildman–Crippen MR) is 202 cm³/mol. The number of thiazole rings is 1. The first-order chi connectivity index (χ1) is 22.4. The van der Waals surface area contributed by atoms with E-state index in [0.29, 0.717) is 47.9 Å². The second kappa shape index (κ2) is 15.3. The van der Waals surface area contributed by atoms with Crippen molar-refractivity contribution in [1.82, 2.24) is 4.57 Å². The number of nitrogens with zero attached hydrogens (tertiary/aromatic N) is 2. The fourth-order valence-electron chi connectivity index (χ4n) is 5.08. The molecule has 246 valence electrons. The van der Waals surface area contributed by atoms with Crippen molar-refractivity contribution in [3.05, 3.63) is 113 Å². The van der Waals surface area contributed by atoms with Gasteiger partial charge in [-0.1, -0.05) is 46.7 Å². The third kappa shape index (κ3) is 7.85. The Labute approximate surface area is 313 Å². The smallest absolute Gasteiger partial charge is 0.338 e. The molecule has 1 aromatic heterocycles. The Hall–Kier alpha value is -2.59. The van der Waals surface area contributed by atoms with Gasteiger partial charge in [0.05, 0.1) is 55.3 Å². The van der Waals surface area contributed by atoms with Gasteiger partial charge in [0, 0.05) is 9.13 Å². The molecule has 1 aliphatic heterocycles. The number of halogens is 4. The number of carbonyl (C=O) groups is 1. The van der Waals surface area contributed by atoms with E-state index in [-0.39, 0.29) is 30.5 Å². The molecule has 0 unspecified atom stereocenters. The van der Waals surface area contributed by atoms with E-state index in [0.717, 1.165) is 18.3 Å². The zero-order valence-corrected chi connectivity index (χ0v) is 32.7. The summed E-state index contributed by atoms with van der Waals surface area (Å²) in [6.45, 7) is 7.76. The predicted octanol–water partition coefficient (Wildman–Crippen LogP) is 7.69. The van der Waals surface area contributed by atoms with Gasteiger partial charge in [0.25, 0.3) is 5.56 Å². The first-order valence-corrected chi connectivity index (χ1v) is 18.2. The maximum Gasteiger partial charge on any atom is 0.338 e. The number of aromatic nitrogens is 1. The van der Waals surface area contributed by atoms with Gasteiger partial charge in [-0.25, -0.2) is 9.79 Å². The van der Waals surface area contributed by atoms with Crippen LogP contribution in [0.5, 0.6) is 17.2 Å². The Balaban J connectivity index is 1.65. The van der Waals surface area contributed by atoms with Crippen molar-refractivity contribution >= 4 is 91.8 Å². The van der Waals surface area contributed by atoms with Gasteiger partial charge < -0.3 is 18.9 Å². The molecule has 1 aliphatic rings. The molecule has 13 heteroatoms. The van der Waals surface area contributed by atoms with Gasteiger partial charge in [-0.3, -0.25) is 9.36 Å². The lowest BCUT2D eigenvalue weighted by atomic mass is 9.95. The summed E-state index contributed by atoms with van der Waals surface area (Å²) in [6.07, 6.45) is 1.73. The summed E-state index contributed by atoms with van der Waals surface area (Å²) in [5.74, 6) is 1.11. The maximum atomic E-state index is 14.3. The van der Waals surface area contributed by atoms with E-state index in [1.807, 2.05) is 38.1 Å². The Morgan fingerprint density at radius 2 is 1.85 bits per heavy atom. The normalized spacial score (nSPS) is 14.6. The minimum absolute atomic E-state index is 0.0772. The van der Waals surface area contributed by atoms with Crippen LogP contribution in [0.3, 0.4) is 0 Å². The third-order valence-corrected chi connectivity index (χ3v) is 10.2. The van der Waals surface area contributed by atoms with Gasteiger partial charge >= 0.3 is 5.97 Å². The third-order valence-electron chi connectivity index (χ3n) is 7.07. The largest absolute Gasteiger partial charge is 0.493 e. The van der Waals surface area contributed by atoms with Crippen LogP contribution in [0.4, 0.5) is 0 Å². The van der Waals surface area contributed by atoms with Gasteiger partial charge in [0.1, 0.15) is 12.4 Å². The van der Waals surface area contributed by atoms with Gasteiger partial charge in [0.15, 0.2) is 16.3 Å². The molecule has 3 aromatic carbocycles. The number of allylic oxidation sites excluding steroid dienone is 1. The minimum Gasteiger partial charge on any atom is -0.493 e. The van der Waals surface area contributed by atoms with Gasteiger partial charge in [-0.05, 0) is 126 Å². The van der Waals surface area contributed by atoms with Crippen LogP contribution in [0.1, 0.15) is 50.4 Å². The molecule has 0 saturated heterocycles. The number of esters is 1. The molecule has 0 aliphatic carbocycles. The number of hydrogen-bond acceptors (Lipinski definition) is 8. The summed E-state index contributed by atoms with van der Waals surface area (Å²) in [7, 11) is 1.55. The van der Waals surface area contributed by atoms with E-state index in [4.69, 9.17) is 47.1 Å². The molecule has 0 amide bonds. The molecule has 0 N–H and O–H groups in total. The highest BCUT2D eigenvalue weighted by atomic mass is 127. The van der Waals surface area contributed by atoms with E-state index in [1.165, 1.54) is 11.3 Å². The summed E-state index contributed by atoms with van der Waals surface area (Å²) >= 11 is 18.0. The zero-order valence-electron chi connectivity index (χ0n) is 26.0. The lowest BCUT2D eigenvalue weighted by Crippen LogP contribution is -2.40. The van der Waals surface area contributed by atoms with Crippen LogP contribution in [-0.2, 0) is 16.1 Å². The average Bonchev–Trinajstić information content (AvgIpc) is 3.31. The van der Waals surface area contributed by atoms with Crippen LogP contribution < -0.4 is 29.1 Å². The van der Waals surface area contributed by atoms with E-state index in [1.54, 1.807) is 55.9 Å². The molecule has 0 spiro atoms. The van der Waals surface area contributed by atoms with Crippen molar-refractivity contribution < 1.29 is 23.7 Å². The summed E-state index contributed by atoms with van der Waals surface area (Å²) in [4.78, 5) is 32.8. The Kier molecular flexibility index (Phi) is 11.6. The molecular formula is C34H30Cl2I2N2O6S. The van der Waals surface area contributed by atoms with Crippen molar-refractivity contribution in [2.24, 2.45) is 4.99 Å². The number of methoxy groups -OCH3 is 1. The van der Waals surface area contributed by atoms with Crippen LogP contribution in [0, 0.1) is 7.14 Å². The number of ether oxygens (including phenoxy) is 4. The molecule has 5 rings (SSSR count). The van der Waals surface area contributed by atoms with Gasteiger partial charge in [-0.2, -0.15) is 0 Å². The lowest BCUT2D eigenvalue weighted by Gasteiger charge is -2.25. The quantitative estimate of drug-likeness (QED) is 0.120. The van der Waals surface area contributed by atoms with E-state index in [9.17, 15) is 9.59 Å². The number of fused-ring (bicyclic) bond motifs is 1. The van der Waals surface area contributed by atoms with Crippen molar-refractivity contribution in [3.8, 4) is 17.2 Å². The minimum atomic E-state index is -0.809. The van der Waals surface area contributed by atoms with Crippen LogP contribution in [0.2, 0.25) is 10.0 Å². The highest BCUT2D eigenvalue weighted by Gasteiger charge is 2.34. The molecular weight excluding hydrogens is 889 g/mol. The van der Waals surface area contributed by atoms with Crippen LogP contribution in [0.25, 0.3) is 6.08 Å². The van der Waals surface area contributed by atoms with E-state index >= 15 is 0 Å². The Morgan fingerprint density at radius 1 is 1.09 bits per heavy atom. The highest BCUT2D eigenvalue weighted by molar-refractivity contribution is 14.1. The van der Waals surface area contributed by atoms with Crippen LogP contribution in [0.15, 0.2) is 69.6 Å². The second-order valence-electron chi connectivity index (χ2n) is 10.7. The number of carbonyl (C=O) groups excluding carboxylic acids is 1. The monoisotopic (exact) mass is 918 g/mol. The summed E-state index contributed by atoms with van der Waals surface area (Å²) in [5, 5.41) is 0.909. The molecule has 0 saturated carbocycles. The molecule has 0 bridgehead atoms. The first-order valence-electron chi connectivity index (χ1n) is 14.5. The van der Waals surface area contributed by atoms with Crippen LogP contribution in [-0.4, -0.2) is 30.4 Å². The number of benzene rings is 3. The SMILES string of the molecule is CCOC(=O)C1=C(C)N=c2s/c(=C/c3cc(I)cc(I)c3OCc3ccc(Cl)c(Cl)c3)c(=O)n2[C@@H]1c1ccc(OC(C)C)c(OC)c1. The van der Waals surface area contributed by atoms with E-state index < -0.39 is 12.0 Å². The Bertz CT molecular complexity index is 2080. The molecule has 2 heterocycles. The molecule has 1 atom stereocenters. The lowest BCUT2D eigenvalue weighted by molar-refractivity contribution is -0.139. The second-order valence-corrected chi connectivity index (χ2v) is 15.0. The summed E-state index contributed by atoms with van der Waals surface area (Å²) in [6, 6.07) is 13.9. The topological polar surface area (TPSA) is 88.4 Å². The molecule has 0 fully saturated rings. The van der Waals surface area contributed by atoms with Gasteiger partial charge in [0.2, 0.25) is 0 Å². The fraction of sp³-hybridized carbons (Fsp3) is 0.265. The number of hydrogen-bond donors (Lipinski definition) is 0.